The topological polar surface area (TPSA) is 0 Å². The lowest BCUT2D eigenvalue weighted by molar-refractivity contribution is 1.72. The van der Waals surface area contributed by atoms with Gasteiger partial charge in [0.1, 0.15) is 0 Å². The van der Waals surface area contributed by atoms with Crippen LogP contribution in [0.1, 0.15) is 0 Å². The molecule has 5 aromatic carbocycles. The van der Waals surface area contributed by atoms with Crippen LogP contribution in [0.25, 0.3) is 0 Å². The van der Waals surface area contributed by atoms with E-state index in [4.69, 9.17) is 0 Å². The van der Waals surface area contributed by atoms with Gasteiger partial charge >= 0.3 is 0 Å². The van der Waals surface area contributed by atoms with E-state index < -0.39 is 15.8 Å². The summed E-state index contributed by atoms with van der Waals surface area (Å²) in [6.45, 7) is 0. The van der Waals surface area contributed by atoms with Gasteiger partial charge in [0.15, 0.2) is 0 Å². The lowest BCUT2D eigenvalue weighted by Crippen LogP contribution is -2.34. The van der Waals surface area contributed by atoms with Crippen molar-refractivity contribution >= 4 is 63.6 Å². The van der Waals surface area contributed by atoms with Crippen molar-refractivity contribution in [2.24, 2.45) is 0 Å². The second-order valence-corrected chi connectivity index (χ2v) is 12.9. The lowest BCUT2D eigenvalue weighted by Gasteiger charge is -2.27. The summed E-state index contributed by atoms with van der Waals surface area (Å²) in [6, 6.07) is 50.7. The van der Waals surface area contributed by atoms with Crippen LogP contribution in [0.3, 0.4) is 0 Å². The number of hydrogen-bond acceptors (Lipinski definition) is 0. The molecule has 0 aliphatic carbocycles. The number of halogens is 1. The molecule has 33 heavy (non-hydrogen) atoms. The Morgan fingerprint density at radius 1 is 0.364 bits per heavy atom. The molecule has 0 amide bonds. The Morgan fingerprint density at radius 2 is 0.697 bits per heavy atom. The molecule has 0 saturated heterocycles. The minimum Gasteiger partial charge on any atom is -0.0622 e. The van der Waals surface area contributed by atoms with Crippen molar-refractivity contribution in [3.8, 4) is 0 Å². The highest BCUT2D eigenvalue weighted by atomic mass is 79.9. The van der Waals surface area contributed by atoms with Crippen molar-refractivity contribution in [1.29, 1.82) is 0 Å². The summed E-state index contributed by atoms with van der Waals surface area (Å²) in [5.41, 5.74) is 0. The molecule has 0 aliphatic rings. The zero-order valence-corrected chi connectivity index (χ0v) is 21.4. The molecule has 0 bridgehead atoms. The van der Waals surface area contributed by atoms with E-state index in [-0.39, 0.29) is 0 Å². The van der Waals surface area contributed by atoms with Crippen LogP contribution in [0.2, 0.25) is 0 Å². The minimum absolute atomic E-state index is 0.697. The smallest absolute Gasteiger partial charge is 0.0182 e. The summed E-state index contributed by atoms with van der Waals surface area (Å²) in [7, 11) is -1.41. The van der Waals surface area contributed by atoms with Crippen LogP contribution in [-0.2, 0) is 0 Å². The number of benzene rings is 5. The lowest BCUT2D eigenvalue weighted by atomic mass is 10.3. The van der Waals surface area contributed by atoms with E-state index in [1.807, 2.05) is 0 Å². The molecule has 3 heteroatoms. The van der Waals surface area contributed by atoms with Crippen molar-refractivity contribution in [1.82, 2.24) is 0 Å². The van der Waals surface area contributed by atoms with Crippen LogP contribution in [0.4, 0.5) is 0 Å². The van der Waals surface area contributed by atoms with E-state index in [0.717, 1.165) is 4.47 Å². The molecule has 0 unspecified atom stereocenters. The molecule has 0 spiro atoms. The van der Waals surface area contributed by atoms with Gasteiger partial charge in [0, 0.05) is 4.47 Å². The fraction of sp³-hybridized carbons (Fsp3) is 0. The van der Waals surface area contributed by atoms with Crippen LogP contribution < -0.4 is 31.8 Å². The van der Waals surface area contributed by atoms with Crippen LogP contribution in [0.5, 0.6) is 0 Å². The molecule has 0 nitrogen and oxygen atoms in total. The van der Waals surface area contributed by atoms with E-state index in [9.17, 15) is 0 Å². The molecule has 0 aliphatic heterocycles. The molecule has 5 rings (SSSR count). The molecule has 160 valence electrons. The molecule has 0 atom stereocenters. The van der Waals surface area contributed by atoms with Crippen LogP contribution in [-0.4, -0.2) is 0 Å². The average molecular weight is 525 g/mol. The highest BCUT2D eigenvalue weighted by molar-refractivity contribution is 9.10. The first kappa shape index (κ1) is 22.2. The molecule has 0 heterocycles. The average Bonchev–Trinajstić information content (AvgIpc) is 2.88. The summed E-state index contributed by atoms with van der Waals surface area (Å²) < 4.78 is 1.12. The van der Waals surface area contributed by atoms with Crippen molar-refractivity contribution < 1.29 is 0 Å². The minimum atomic E-state index is -0.710. The third-order valence-electron chi connectivity index (χ3n) is 5.48. The van der Waals surface area contributed by atoms with Crippen LogP contribution >= 0.6 is 31.8 Å². The molecule has 0 fully saturated rings. The van der Waals surface area contributed by atoms with Crippen LogP contribution in [0, 0.1) is 0 Å². The van der Waals surface area contributed by atoms with Crippen molar-refractivity contribution in [2.45, 2.75) is 0 Å². The first-order valence-corrected chi connectivity index (χ1v) is 14.4. The molecule has 0 aromatic heterocycles. The zero-order valence-electron chi connectivity index (χ0n) is 18.1. The van der Waals surface area contributed by atoms with Crippen molar-refractivity contribution in [2.75, 3.05) is 0 Å². The summed E-state index contributed by atoms with van der Waals surface area (Å²) in [5, 5.41) is 8.32. The van der Waals surface area contributed by atoms with Gasteiger partial charge < -0.3 is 0 Å². The van der Waals surface area contributed by atoms with E-state index in [2.05, 4.69) is 155 Å². The van der Waals surface area contributed by atoms with Crippen molar-refractivity contribution in [3.05, 3.63) is 144 Å². The SMILES string of the molecule is Brc1ccc(P(c2ccccc2)c2ccccc2)c(P(c2ccccc2)c2ccccc2)c1. The van der Waals surface area contributed by atoms with Gasteiger partial charge in [-0.3, -0.25) is 0 Å². The van der Waals surface area contributed by atoms with Gasteiger partial charge in [-0.2, -0.15) is 0 Å². The van der Waals surface area contributed by atoms with E-state index in [1.54, 1.807) is 0 Å². The fourth-order valence-electron chi connectivity index (χ4n) is 4.03. The van der Waals surface area contributed by atoms with Gasteiger partial charge in [-0.15, -0.1) is 0 Å². The highest BCUT2D eigenvalue weighted by Gasteiger charge is 2.25. The van der Waals surface area contributed by atoms with Crippen molar-refractivity contribution in [3.63, 3.8) is 0 Å². The maximum Gasteiger partial charge on any atom is 0.0182 e. The Labute approximate surface area is 207 Å². The summed E-state index contributed by atoms with van der Waals surface area (Å²) in [4.78, 5) is 0. The number of hydrogen-bond donors (Lipinski definition) is 0. The third-order valence-corrected chi connectivity index (χ3v) is 11.1. The van der Waals surface area contributed by atoms with Gasteiger partial charge in [0.25, 0.3) is 0 Å². The van der Waals surface area contributed by atoms with Gasteiger partial charge in [-0.25, -0.2) is 0 Å². The van der Waals surface area contributed by atoms with Gasteiger partial charge in [0.05, 0.1) is 0 Å². The quantitative estimate of drug-likeness (QED) is 0.240. The van der Waals surface area contributed by atoms with E-state index in [1.165, 1.54) is 31.8 Å². The fourth-order valence-corrected chi connectivity index (χ4v) is 9.84. The molecule has 0 saturated carbocycles. The summed E-state index contributed by atoms with van der Waals surface area (Å²) in [5.74, 6) is 0. The van der Waals surface area contributed by atoms with E-state index >= 15 is 0 Å². The predicted molar refractivity (Wildman–Crippen MR) is 152 cm³/mol. The Bertz CT molecular complexity index is 1230. The molecule has 0 N–H and O–H groups in total. The zero-order chi connectivity index (χ0) is 22.5. The predicted octanol–water partition coefficient (Wildman–Crippen LogP) is 5.97. The second kappa shape index (κ2) is 10.6. The molecule has 0 radical (unpaired) electrons. The first-order chi connectivity index (χ1) is 16.3. The Balaban J connectivity index is 1.77. The largest absolute Gasteiger partial charge is 0.0622 e. The molecular weight excluding hydrogens is 502 g/mol. The standard InChI is InChI=1S/C30H23BrP2/c31-24-21-22-29(32(25-13-5-1-6-14-25)26-15-7-2-8-16-26)30(23-24)33(27-17-9-3-10-18-27)28-19-11-4-12-20-28/h1-23H. The Morgan fingerprint density at radius 3 is 1.06 bits per heavy atom. The summed E-state index contributed by atoms with van der Waals surface area (Å²) >= 11 is 3.79. The maximum atomic E-state index is 3.79. The Hall–Kier alpha value is -2.56. The van der Waals surface area contributed by atoms with Crippen LogP contribution in [0.15, 0.2) is 144 Å². The van der Waals surface area contributed by atoms with Gasteiger partial charge in [0.2, 0.25) is 0 Å². The van der Waals surface area contributed by atoms with Gasteiger partial charge in [-0.1, -0.05) is 143 Å². The second-order valence-electron chi connectivity index (χ2n) is 7.65. The monoisotopic (exact) mass is 524 g/mol. The third kappa shape index (κ3) is 5.02. The maximum absolute atomic E-state index is 3.79. The normalized spacial score (nSPS) is 11.1. The molecular formula is C30H23BrP2. The molecule has 5 aromatic rings. The van der Waals surface area contributed by atoms with E-state index in [0.29, 0.717) is 0 Å². The first-order valence-electron chi connectivity index (χ1n) is 10.9. The Kier molecular flexibility index (Phi) is 7.13. The summed E-state index contributed by atoms with van der Waals surface area (Å²) in [6.07, 6.45) is 0. The van der Waals surface area contributed by atoms with Gasteiger partial charge in [-0.05, 0) is 59.8 Å². The highest BCUT2D eigenvalue weighted by Crippen LogP contribution is 2.39. The number of rotatable bonds is 6.